The van der Waals surface area contributed by atoms with Crippen LogP contribution in [0, 0.1) is 0 Å². The van der Waals surface area contributed by atoms with Crippen LogP contribution in [0.15, 0.2) is 12.4 Å². The van der Waals surface area contributed by atoms with Crippen LogP contribution in [-0.2, 0) is 4.79 Å². The van der Waals surface area contributed by atoms with Crippen LogP contribution in [-0.4, -0.2) is 27.6 Å². The van der Waals surface area contributed by atoms with Gasteiger partial charge in [0.2, 0.25) is 5.95 Å². The van der Waals surface area contributed by atoms with Crippen LogP contribution < -0.4 is 5.32 Å². The summed E-state index contributed by atoms with van der Waals surface area (Å²) in [6, 6.07) is 0. The second kappa shape index (κ2) is 5.61. The molecule has 1 aromatic rings. The Morgan fingerprint density at radius 3 is 2.59 bits per heavy atom. The summed E-state index contributed by atoms with van der Waals surface area (Å²) in [5.74, 6) is 0.302. The number of nitrogens with zero attached hydrogens (tertiary/aromatic N) is 2. The van der Waals surface area contributed by atoms with Crippen molar-refractivity contribution in [3.8, 4) is 0 Å². The molecule has 0 spiro atoms. The van der Waals surface area contributed by atoms with Gasteiger partial charge >= 0.3 is 5.97 Å². The van der Waals surface area contributed by atoms with Gasteiger partial charge in [0.05, 0.1) is 6.42 Å². The normalized spacial score (nSPS) is 16.0. The van der Waals surface area contributed by atoms with Gasteiger partial charge in [0.15, 0.2) is 0 Å². The van der Waals surface area contributed by atoms with E-state index < -0.39 is 5.97 Å². The van der Waals surface area contributed by atoms with Gasteiger partial charge in [-0.3, -0.25) is 4.79 Å². The molecule has 0 unspecified atom stereocenters. The minimum absolute atomic E-state index is 0.0771. The molecule has 1 saturated carbocycles. The van der Waals surface area contributed by atoms with Crippen LogP contribution in [0.25, 0.3) is 0 Å². The lowest BCUT2D eigenvalue weighted by Gasteiger charge is -2.09. The molecule has 5 nitrogen and oxygen atoms in total. The van der Waals surface area contributed by atoms with Crippen LogP contribution >= 0.6 is 0 Å². The third-order valence-corrected chi connectivity index (χ3v) is 3.12. The van der Waals surface area contributed by atoms with Gasteiger partial charge in [-0.05, 0) is 24.3 Å². The average Bonchev–Trinajstić information content (AvgIpc) is 2.83. The van der Waals surface area contributed by atoms with E-state index in [9.17, 15) is 4.79 Å². The number of aromatic nitrogens is 2. The summed E-state index contributed by atoms with van der Waals surface area (Å²) in [5, 5.41) is 11.4. The van der Waals surface area contributed by atoms with Crippen molar-refractivity contribution in [2.75, 3.05) is 11.9 Å². The zero-order valence-corrected chi connectivity index (χ0v) is 9.72. The SMILES string of the molecule is O=C(O)CCNc1ncc(C2CCCC2)cn1. The first-order chi connectivity index (χ1) is 8.25. The first-order valence-electron chi connectivity index (χ1n) is 6.03. The van der Waals surface area contributed by atoms with E-state index in [1.807, 2.05) is 12.4 Å². The number of nitrogens with one attached hydrogen (secondary N) is 1. The Hall–Kier alpha value is -1.65. The van der Waals surface area contributed by atoms with E-state index in [2.05, 4.69) is 15.3 Å². The van der Waals surface area contributed by atoms with Crippen LogP contribution in [0.4, 0.5) is 5.95 Å². The molecule has 0 atom stereocenters. The smallest absolute Gasteiger partial charge is 0.305 e. The van der Waals surface area contributed by atoms with E-state index in [1.165, 1.54) is 31.2 Å². The molecule has 0 bridgehead atoms. The molecule has 1 aliphatic rings. The second-order valence-corrected chi connectivity index (χ2v) is 4.39. The summed E-state index contributed by atoms with van der Waals surface area (Å²) >= 11 is 0. The van der Waals surface area contributed by atoms with Crippen molar-refractivity contribution in [3.05, 3.63) is 18.0 Å². The Labute approximate surface area is 100 Å². The maximum absolute atomic E-state index is 10.3. The number of carboxylic acid groups (broad SMARTS) is 1. The van der Waals surface area contributed by atoms with Crippen LogP contribution in [0.3, 0.4) is 0 Å². The lowest BCUT2D eigenvalue weighted by Crippen LogP contribution is -2.10. The number of aliphatic carboxylic acids is 1. The average molecular weight is 235 g/mol. The maximum Gasteiger partial charge on any atom is 0.305 e. The number of carbonyl (C=O) groups is 1. The zero-order chi connectivity index (χ0) is 12.1. The molecule has 17 heavy (non-hydrogen) atoms. The molecule has 0 amide bonds. The third kappa shape index (κ3) is 3.41. The van der Waals surface area contributed by atoms with E-state index in [0.29, 0.717) is 18.4 Å². The van der Waals surface area contributed by atoms with Gasteiger partial charge in [0.1, 0.15) is 0 Å². The maximum atomic E-state index is 10.3. The number of hydrogen-bond acceptors (Lipinski definition) is 4. The second-order valence-electron chi connectivity index (χ2n) is 4.39. The highest BCUT2D eigenvalue weighted by atomic mass is 16.4. The molecule has 1 heterocycles. The molecule has 0 radical (unpaired) electrons. The summed E-state index contributed by atoms with van der Waals surface area (Å²) in [7, 11) is 0. The molecule has 1 fully saturated rings. The molecule has 92 valence electrons. The van der Waals surface area contributed by atoms with Gasteiger partial charge in [-0.15, -0.1) is 0 Å². The minimum atomic E-state index is -0.819. The fraction of sp³-hybridized carbons (Fsp3) is 0.583. The highest BCUT2D eigenvalue weighted by molar-refractivity contribution is 5.67. The lowest BCUT2D eigenvalue weighted by molar-refractivity contribution is -0.136. The van der Waals surface area contributed by atoms with Crippen molar-refractivity contribution < 1.29 is 9.90 Å². The summed E-state index contributed by atoms with van der Waals surface area (Å²) in [6.07, 6.45) is 8.84. The van der Waals surface area contributed by atoms with Crippen molar-refractivity contribution in [2.45, 2.75) is 38.0 Å². The first kappa shape index (κ1) is 11.8. The summed E-state index contributed by atoms with van der Waals surface area (Å²) in [6.45, 7) is 0.359. The molecule has 1 aromatic heterocycles. The monoisotopic (exact) mass is 235 g/mol. The van der Waals surface area contributed by atoms with Gasteiger partial charge in [-0.2, -0.15) is 0 Å². The predicted octanol–water partition coefficient (Wildman–Crippen LogP) is 2.02. The van der Waals surface area contributed by atoms with Gasteiger partial charge < -0.3 is 10.4 Å². The van der Waals surface area contributed by atoms with Gasteiger partial charge in [-0.25, -0.2) is 9.97 Å². The molecule has 2 N–H and O–H groups in total. The Balaban J connectivity index is 1.86. The van der Waals surface area contributed by atoms with Gasteiger partial charge in [0.25, 0.3) is 0 Å². The summed E-state index contributed by atoms with van der Waals surface area (Å²) in [4.78, 5) is 18.7. The Morgan fingerprint density at radius 1 is 1.35 bits per heavy atom. The lowest BCUT2D eigenvalue weighted by atomic mass is 10.0. The Bertz CT molecular complexity index is 372. The molecule has 1 aliphatic carbocycles. The van der Waals surface area contributed by atoms with Crippen LogP contribution in [0.2, 0.25) is 0 Å². The number of anilines is 1. The van der Waals surface area contributed by atoms with Crippen molar-refractivity contribution in [3.63, 3.8) is 0 Å². The van der Waals surface area contributed by atoms with Crippen molar-refractivity contribution in [1.82, 2.24) is 9.97 Å². The van der Waals surface area contributed by atoms with Crippen molar-refractivity contribution in [2.24, 2.45) is 0 Å². The van der Waals surface area contributed by atoms with Gasteiger partial charge in [0, 0.05) is 18.9 Å². The fourth-order valence-electron chi connectivity index (χ4n) is 2.18. The molecule has 2 rings (SSSR count). The quantitative estimate of drug-likeness (QED) is 0.816. The molecule has 5 heteroatoms. The highest BCUT2D eigenvalue weighted by Gasteiger charge is 2.17. The molecule has 0 saturated heterocycles. The Kier molecular flexibility index (Phi) is 3.90. The van der Waals surface area contributed by atoms with E-state index in [4.69, 9.17) is 5.11 Å². The molecule has 0 aliphatic heterocycles. The highest BCUT2D eigenvalue weighted by Crippen LogP contribution is 2.33. The zero-order valence-electron chi connectivity index (χ0n) is 9.72. The third-order valence-electron chi connectivity index (χ3n) is 3.12. The Morgan fingerprint density at radius 2 is 2.00 bits per heavy atom. The number of rotatable bonds is 5. The van der Waals surface area contributed by atoms with E-state index >= 15 is 0 Å². The topological polar surface area (TPSA) is 75.1 Å². The van der Waals surface area contributed by atoms with Crippen LogP contribution in [0.1, 0.15) is 43.6 Å². The standard InChI is InChI=1S/C12H17N3O2/c16-11(17)5-6-13-12-14-7-10(8-15-12)9-3-1-2-4-9/h7-9H,1-6H2,(H,16,17)(H,13,14,15). The van der Waals surface area contributed by atoms with E-state index in [-0.39, 0.29) is 6.42 Å². The number of carboxylic acids is 1. The molecule has 0 aromatic carbocycles. The van der Waals surface area contributed by atoms with E-state index in [0.717, 1.165) is 0 Å². The van der Waals surface area contributed by atoms with Crippen molar-refractivity contribution in [1.29, 1.82) is 0 Å². The minimum Gasteiger partial charge on any atom is -0.481 e. The summed E-state index contributed by atoms with van der Waals surface area (Å²) in [5.41, 5.74) is 1.20. The van der Waals surface area contributed by atoms with Crippen molar-refractivity contribution >= 4 is 11.9 Å². The molecular formula is C12H17N3O2. The largest absolute Gasteiger partial charge is 0.481 e. The van der Waals surface area contributed by atoms with E-state index in [1.54, 1.807) is 0 Å². The molecular weight excluding hydrogens is 218 g/mol. The number of hydrogen-bond donors (Lipinski definition) is 2. The van der Waals surface area contributed by atoms with Gasteiger partial charge in [-0.1, -0.05) is 12.8 Å². The predicted molar refractivity (Wildman–Crippen MR) is 64.0 cm³/mol. The fourth-order valence-corrected chi connectivity index (χ4v) is 2.18. The van der Waals surface area contributed by atoms with Crippen LogP contribution in [0.5, 0.6) is 0 Å². The first-order valence-corrected chi connectivity index (χ1v) is 6.03. The summed E-state index contributed by atoms with van der Waals surface area (Å²) < 4.78 is 0.